The Morgan fingerprint density at radius 2 is 2.28 bits per heavy atom. The molecule has 18 heavy (non-hydrogen) atoms. The predicted molar refractivity (Wildman–Crippen MR) is 73.5 cm³/mol. The summed E-state index contributed by atoms with van der Waals surface area (Å²) in [7, 11) is 0. The van der Waals surface area contributed by atoms with Crippen molar-refractivity contribution in [3.63, 3.8) is 0 Å². The second-order valence-corrected chi connectivity index (χ2v) is 6.00. The summed E-state index contributed by atoms with van der Waals surface area (Å²) in [4.78, 5) is 11.3. The lowest BCUT2D eigenvalue weighted by molar-refractivity contribution is -0.125. The van der Waals surface area contributed by atoms with Crippen LogP contribution in [-0.4, -0.2) is 12.5 Å². The summed E-state index contributed by atoms with van der Waals surface area (Å²) in [5.74, 6) is -0.274. The van der Waals surface area contributed by atoms with Crippen LogP contribution in [0.5, 0.6) is 0 Å². The van der Waals surface area contributed by atoms with E-state index in [0.29, 0.717) is 12.6 Å². The van der Waals surface area contributed by atoms with E-state index in [2.05, 4.69) is 11.4 Å². The zero-order valence-corrected chi connectivity index (χ0v) is 11.6. The van der Waals surface area contributed by atoms with E-state index >= 15 is 0 Å². The van der Waals surface area contributed by atoms with Crippen molar-refractivity contribution in [3.8, 4) is 0 Å². The topological polar surface area (TPSA) is 55.1 Å². The van der Waals surface area contributed by atoms with E-state index in [-0.39, 0.29) is 5.91 Å². The summed E-state index contributed by atoms with van der Waals surface area (Å²) in [5.41, 5.74) is 7.45. The molecule has 0 heterocycles. The van der Waals surface area contributed by atoms with Crippen LogP contribution in [0.2, 0.25) is 5.02 Å². The molecule has 0 saturated carbocycles. The number of halogens is 1. The molecule has 0 saturated heterocycles. The maximum absolute atomic E-state index is 11.3. The van der Waals surface area contributed by atoms with Gasteiger partial charge in [0.05, 0.1) is 5.41 Å². The average Bonchev–Trinajstić information content (AvgIpc) is 2.68. The third-order valence-corrected chi connectivity index (χ3v) is 3.88. The molecule has 1 unspecified atom stereocenters. The number of rotatable bonds is 4. The van der Waals surface area contributed by atoms with Gasteiger partial charge >= 0.3 is 0 Å². The van der Waals surface area contributed by atoms with E-state index in [1.165, 1.54) is 11.1 Å². The Balaban J connectivity index is 2.04. The summed E-state index contributed by atoms with van der Waals surface area (Å²) in [6.07, 6.45) is 2.08. The second kappa shape index (κ2) is 4.90. The van der Waals surface area contributed by atoms with Crippen molar-refractivity contribution in [1.29, 1.82) is 0 Å². The Hall–Kier alpha value is -1.06. The number of carbonyl (C=O) groups excluding carboxylic acids is 1. The van der Waals surface area contributed by atoms with E-state index in [9.17, 15) is 4.79 Å². The van der Waals surface area contributed by atoms with Crippen LogP contribution in [-0.2, 0) is 11.2 Å². The van der Waals surface area contributed by atoms with Gasteiger partial charge in [-0.1, -0.05) is 17.7 Å². The summed E-state index contributed by atoms with van der Waals surface area (Å²) >= 11 is 5.98. The first-order chi connectivity index (χ1) is 8.40. The van der Waals surface area contributed by atoms with E-state index < -0.39 is 5.41 Å². The summed E-state index contributed by atoms with van der Waals surface area (Å²) in [5, 5.41) is 4.22. The fourth-order valence-electron chi connectivity index (χ4n) is 2.26. The van der Waals surface area contributed by atoms with Crippen molar-refractivity contribution in [3.05, 3.63) is 34.3 Å². The molecule has 3 nitrogen and oxygen atoms in total. The second-order valence-electron chi connectivity index (χ2n) is 5.56. The molecule has 4 heteroatoms. The van der Waals surface area contributed by atoms with Crippen molar-refractivity contribution < 1.29 is 4.79 Å². The molecule has 0 aliphatic heterocycles. The van der Waals surface area contributed by atoms with E-state index in [1.807, 2.05) is 26.0 Å². The zero-order valence-electron chi connectivity index (χ0n) is 10.8. The minimum absolute atomic E-state index is 0.274. The van der Waals surface area contributed by atoms with Gasteiger partial charge in [0.1, 0.15) is 0 Å². The van der Waals surface area contributed by atoms with Gasteiger partial charge in [-0.15, -0.1) is 0 Å². The molecule has 1 aliphatic carbocycles. The van der Waals surface area contributed by atoms with Crippen LogP contribution >= 0.6 is 11.6 Å². The number of carbonyl (C=O) groups is 1. The molecule has 1 aromatic carbocycles. The molecular formula is C14H19ClN2O. The number of amides is 1. The molecule has 1 amide bonds. The van der Waals surface area contributed by atoms with Crippen LogP contribution in [0.4, 0.5) is 0 Å². The Bertz CT molecular complexity index is 471. The normalized spacial score (nSPS) is 18.7. The molecule has 0 aromatic heterocycles. The molecule has 0 bridgehead atoms. The lowest BCUT2D eigenvalue weighted by Gasteiger charge is -2.24. The van der Waals surface area contributed by atoms with Gasteiger partial charge in [-0.3, -0.25) is 4.79 Å². The molecule has 0 fully saturated rings. The van der Waals surface area contributed by atoms with Gasteiger partial charge in [0.15, 0.2) is 0 Å². The largest absolute Gasteiger partial charge is 0.369 e. The van der Waals surface area contributed by atoms with Crippen LogP contribution in [0.25, 0.3) is 0 Å². The van der Waals surface area contributed by atoms with Gasteiger partial charge in [0.25, 0.3) is 0 Å². The monoisotopic (exact) mass is 266 g/mol. The van der Waals surface area contributed by atoms with E-state index in [0.717, 1.165) is 17.9 Å². The Labute approximate surface area is 113 Å². The van der Waals surface area contributed by atoms with Gasteiger partial charge in [0, 0.05) is 17.6 Å². The van der Waals surface area contributed by atoms with Gasteiger partial charge in [-0.25, -0.2) is 0 Å². The SMILES string of the molecule is CC(C)(CNC1CCc2cc(Cl)ccc21)C(N)=O. The Morgan fingerprint density at radius 3 is 2.94 bits per heavy atom. The quantitative estimate of drug-likeness (QED) is 0.879. The molecule has 2 rings (SSSR count). The highest BCUT2D eigenvalue weighted by atomic mass is 35.5. The summed E-state index contributed by atoms with van der Waals surface area (Å²) in [6, 6.07) is 6.31. The number of nitrogens with two attached hydrogens (primary N) is 1. The van der Waals surface area contributed by atoms with Crippen LogP contribution < -0.4 is 11.1 Å². The van der Waals surface area contributed by atoms with Gasteiger partial charge < -0.3 is 11.1 Å². The molecule has 1 aromatic rings. The smallest absolute Gasteiger partial charge is 0.224 e. The summed E-state index contributed by atoms with van der Waals surface area (Å²) < 4.78 is 0. The molecule has 1 atom stereocenters. The Morgan fingerprint density at radius 1 is 1.56 bits per heavy atom. The predicted octanol–water partition coefficient (Wildman–Crippen LogP) is 2.43. The van der Waals surface area contributed by atoms with Crippen molar-refractivity contribution in [1.82, 2.24) is 5.32 Å². The zero-order chi connectivity index (χ0) is 13.3. The molecule has 1 aliphatic rings. The van der Waals surface area contributed by atoms with Gasteiger partial charge in [-0.2, -0.15) is 0 Å². The molecule has 98 valence electrons. The maximum atomic E-state index is 11.3. The number of benzene rings is 1. The summed E-state index contributed by atoms with van der Waals surface area (Å²) in [6.45, 7) is 4.31. The number of fused-ring (bicyclic) bond motifs is 1. The van der Waals surface area contributed by atoms with Crippen molar-refractivity contribution in [2.24, 2.45) is 11.1 Å². The molecule has 3 N–H and O–H groups in total. The fourth-order valence-corrected chi connectivity index (χ4v) is 2.46. The van der Waals surface area contributed by atoms with Crippen molar-refractivity contribution >= 4 is 17.5 Å². The van der Waals surface area contributed by atoms with Crippen LogP contribution in [0.3, 0.4) is 0 Å². The third kappa shape index (κ3) is 2.68. The minimum atomic E-state index is -0.519. The van der Waals surface area contributed by atoms with Crippen molar-refractivity contribution in [2.75, 3.05) is 6.54 Å². The first-order valence-corrected chi connectivity index (χ1v) is 6.59. The maximum Gasteiger partial charge on any atom is 0.224 e. The molecular weight excluding hydrogens is 248 g/mol. The molecule has 0 radical (unpaired) electrons. The minimum Gasteiger partial charge on any atom is -0.369 e. The lowest BCUT2D eigenvalue weighted by Crippen LogP contribution is -2.41. The van der Waals surface area contributed by atoms with Gasteiger partial charge in [0.2, 0.25) is 5.91 Å². The van der Waals surface area contributed by atoms with Crippen LogP contribution in [0.15, 0.2) is 18.2 Å². The Kier molecular flexibility index (Phi) is 3.64. The number of nitrogens with one attached hydrogen (secondary N) is 1. The average molecular weight is 267 g/mol. The number of aryl methyl sites for hydroxylation is 1. The first-order valence-electron chi connectivity index (χ1n) is 6.22. The standard InChI is InChI=1S/C14H19ClN2O/c1-14(2,13(16)18)8-17-12-6-3-9-7-10(15)4-5-11(9)12/h4-5,7,12,17H,3,6,8H2,1-2H3,(H2,16,18). The van der Waals surface area contributed by atoms with Crippen LogP contribution in [0, 0.1) is 5.41 Å². The number of hydrogen-bond donors (Lipinski definition) is 2. The number of primary amides is 1. The molecule has 0 spiro atoms. The first kappa shape index (κ1) is 13.4. The van der Waals surface area contributed by atoms with Gasteiger partial charge in [-0.05, 0) is 49.9 Å². The number of hydrogen-bond acceptors (Lipinski definition) is 2. The highest BCUT2D eigenvalue weighted by molar-refractivity contribution is 6.30. The van der Waals surface area contributed by atoms with E-state index in [4.69, 9.17) is 17.3 Å². The highest BCUT2D eigenvalue weighted by Crippen LogP contribution is 2.33. The fraction of sp³-hybridized carbons (Fsp3) is 0.500. The van der Waals surface area contributed by atoms with E-state index in [1.54, 1.807) is 0 Å². The van der Waals surface area contributed by atoms with Crippen LogP contribution in [0.1, 0.15) is 37.4 Å². The van der Waals surface area contributed by atoms with Crippen molar-refractivity contribution in [2.45, 2.75) is 32.7 Å². The lowest BCUT2D eigenvalue weighted by atomic mass is 9.92. The third-order valence-electron chi connectivity index (χ3n) is 3.64. The highest BCUT2D eigenvalue weighted by Gasteiger charge is 2.28.